The van der Waals surface area contributed by atoms with Crippen LogP contribution in [0.4, 0.5) is 5.69 Å². The maximum atomic E-state index is 13.0. The van der Waals surface area contributed by atoms with Gasteiger partial charge in [-0.2, -0.15) is 0 Å². The van der Waals surface area contributed by atoms with Gasteiger partial charge in [0.1, 0.15) is 11.3 Å². The van der Waals surface area contributed by atoms with Gasteiger partial charge in [0.05, 0.1) is 24.1 Å². The second-order valence-corrected chi connectivity index (χ2v) is 8.43. The number of aryl methyl sites for hydroxylation is 2. The molecule has 1 atom stereocenters. The van der Waals surface area contributed by atoms with Gasteiger partial charge in [0.15, 0.2) is 6.10 Å². The second kappa shape index (κ2) is 9.05. The number of rotatable bonds is 6. The summed E-state index contributed by atoms with van der Waals surface area (Å²) in [6.07, 6.45) is 0.423. The predicted octanol–water partition coefficient (Wildman–Crippen LogP) is 3.96. The van der Waals surface area contributed by atoms with Gasteiger partial charge in [0.25, 0.3) is 11.5 Å². The van der Waals surface area contributed by atoms with Crippen molar-refractivity contribution in [1.82, 2.24) is 9.36 Å². The zero-order chi connectivity index (χ0) is 24.6. The summed E-state index contributed by atoms with van der Waals surface area (Å²) in [5.74, 6) is -1.14. The first-order valence-corrected chi connectivity index (χ1v) is 11.0. The van der Waals surface area contributed by atoms with Gasteiger partial charge >= 0.3 is 5.97 Å². The van der Waals surface area contributed by atoms with E-state index >= 15 is 0 Å². The molecule has 176 valence electrons. The first-order valence-electron chi connectivity index (χ1n) is 11.0. The average Bonchev–Trinajstić information content (AvgIpc) is 3.27. The van der Waals surface area contributed by atoms with Gasteiger partial charge in [-0.25, -0.2) is 4.68 Å². The first-order chi connectivity index (χ1) is 16.2. The molecule has 4 rings (SSSR count). The number of anilines is 1. The Balaban J connectivity index is 1.46. The number of nitrogens with zero attached hydrogens (tertiary/aromatic N) is 2. The summed E-state index contributed by atoms with van der Waals surface area (Å²) in [4.78, 5) is 38.3. The van der Waals surface area contributed by atoms with Crippen molar-refractivity contribution >= 4 is 28.5 Å². The minimum atomic E-state index is -1.08. The standard InChI is InChI=1S/C26H27N3O5/c1-15-11-21-19(14-33-22(21)12-16(15)2)13-23(30)34-18(4)25(31)27-24-17(3)28(5)29(26(24)32)20-9-7-6-8-10-20/h6-12,14,18H,13H2,1-5H3,(H,27,31)/t18-/m1/s1. The fourth-order valence-corrected chi connectivity index (χ4v) is 3.86. The summed E-state index contributed by atoms with van der Waals surface area (Å²) < 4.78 is 14.1. The Labute approximate surface area is 196 Å². The van der Waals surface area contributed by atoms with Crippen LogP contribution in [0, 0.1) is 20.8 Å². The van der Waals surface area contributed by atoms with Gasteiger partial charge in [0, 0.05) is 18.0 Å². The molecule has 0 bridgehead atoms. The van der Waals surface area contributed by atoms with Crippen molar-refractivity contribution in [3.8, 4) is 5.69 Å². The monoisotopic (exact) mass is 461 g/mol. The maximum Gasteiger partial charge on any atom is 0.311 e. The number of ether oxygens (including phenoxy) is 1. The number of amides is 1. The molecule has 0 spiro atoms. The van der Waals surface area contributed by atoms with E-state index in [-0.39, 0.29) is 17.7 Å². The second-order valence-electron chi connectivity index (χ2n) is 8.43. The molecule has 1 amide bonds. The number of carbonyl (C=O) groups excluding carboxylic acids is 2. The normalized spacial score (nSPS) is 12.0. The number of furan rings is 1. The Kier molecular flexibility index (Phi) is 6.15. The third-order valence-electron chi connectivity index (χ3n) is 6.08. The van der Waals surface area contributed by atoms with Crippen LogP contribution < -0.4 is 10.9 Å². The van der Waals surface area contributed by atoms with Crippen molar-refractivity contribution < 1.29 is 18.7 Å². The minimum absolute atomic E-state index is 0.0295. The predicted molar refractivity (Wildman–Crippen MR) is 129 cm³/mol. The summed E-state index contributed by atoms with van der Waals surface area (Å²) in [6.45, 7) is 7.20. The fourth-order valence-electron chi connectivity index (χ4n) is 3.86. The van der Waals surface area contributed by atoms with Crippen LogP contribution in [-0.2, 0) is 27.8 Å². The lowest BCUT2D eigenvalue weighted by Crippen LogP contribution is -2.32. The fraction of sp³-hybridized carbons (Fsp3) is 0.269. The van der Waals surface area contributed by atoms with Gasteiger partial charge < -0.3 is 14.5 Å². The molecule has 8 heteroatoms. The van der Waals surface area contributed by atoms with E-state index in [2.05, 4.69) is 5.32 Å². The third kappa shape index (κ3) is 4.26. The Morgan fingerprint density at radius 3 is 2.47 bits per heavy atom. The molecule has 4 aromatic rings. The lowest BCUT2D eigenvalue weighted by molar-refractivity contribution is -0.152. The number of hydrogen-bond acceptors (Lipinski definition) is 5. The van der Waals surface area contributed by atoms with Crippen LogP contribution in [0.1, 0.15) is 29.3 Å². The van der Waals surface area contributed by atoms with Gasteiger partial charge in [-0.1, -0.05) is 18.2 Å². The zero-order valence-corrected chi connectivity index (χ0v) is 19.8. The lowest BCUT2D eigenvalue weighted by atomic mass is 10.0. The summed E-state index contributed by atoms with van der Waals surface area (Å²) in [5, 5.41) is 3.47. The van der Waals surface area contributed by atoms with Crippen molar-refractivity contribution in [2.24, 2.45) is 7.05 Å². The smallest absolute Gasteiger partial charge is 0.311 e. The highest BCUT2D eigenvalue weighted by Crippen LogP contribution is 2.25. The van der Waals surface area contributed by atoms with E-state index in [0.717, 1.165) is 16.5 Å². The average molecular weight is 462 g/mol. The highest BCUT2D eigenvalue weighted by atomic mass is 16.5. The highest BCUT2D eigenvalue weighted by Gasteiger charge is 2.24. The van der Waals surface area contributed by atoms with E-state index < -0.39 is 18.0 Å². The van der Waals surface area contributed by atoms with E-state index in [1.807, 2.05) is 44.2 Å². The molecule has 0 unspecified atom stereocenters. The molecule has 0 aliphatic rings. The molecule has 0 saturated heterocycles. The molecule has 0 aliphatic carbocycles. The van der Waals surface area contributed by atoms with Crippen molar-refractivity contribution in [3.05, 3.63) is 81.5 Å². The summed E-state index contributed by atoms with van der Waals surface area (Å²) in [6, 6.07) is 13.0. The van der Waals surface area contributed by atoms with Gasteiger partial charge in [-0.15, -0.1) is 0 Å². The van der Waals surface area contributed by atoms with E-state index in [0.29, 0.717) is 22.5 Å². The Bertz CT molecular complexity index is 1440. The van der Waals surface area contributed by atoms with Crippen molar-refractivity contribution in [2.45, 2.75) is 40.2 Å². The number of fused-ring (bicyclic) bond motifs is 1. The number of carbonyl (C=O) groups is 2. The van der Waals surface area contributed by atoms with Crippen LogP contribution in [-0.4, -0.2) is 27.3 Å². The number of nitrogens with one attached hydrogen (secondary N) is 1. The Morgan fingerprint density at radius 2 is 1.76 bits per heavy atom. The Morgan fingerprint density at radius 1 is 1.09 bits per heavy atom. The van der Waals surface area contributed by atoms with E-state index in [4.69, 9.17) is 9.15 Å². The van der Waals surface area contributed by atoms with Gasteiger partial charge in [-0.05, 0) is 63.1 Å². The summed E-state index contributed by atoms with van der Waals surface area (Å²) in [5.41, 5.74) is 4.62. The summed E-state index contributed by atoms with van der Waals surface area (Å²) in [7, 11) is 1.74. The number of esters is 1. The topological polar surface area (TPSA) is 95.5 Å². The third-order valence-corrected chi connectivity index (χ3v) is 6.08. The van der Waals surface area contributed by atoms with Crippen LogP contribution >= 0.6 is 0 Å². The van der Waals surface area contributed by atoms with Crippen LogP contribution in [0.5, 0.6) is 0 Å². The molecule has 0 aliphatic heterocycles. The van der Waals surface area contributed by atoms with Crippen molar-refractivity contribution in [3.63, 3.8) is 0 Å². The van der Waals surface area contributed by atoms with Crippen molar-refractivity contribution in [1.29, 1.82) is 0 Å². The molecule has 0 fully saturated rings. The molecular weight excluding hydrogens is 434 g/mol. The molecule has 0 saturated carbocycles. The van der Waals surface area contributed by atoms with Gasteiger partial charge in [0.2, 0.25) is 0 Å². The zero-order valence-electron chi connectivity index (χ0n) is 19.8. The Hall–Kier alpha value is -4.07. The molecule has 8 nitrogen and oxygen atoms in total. The molecule has 0 radical (unpaired) electrons. The lowest BCUT2D eigenvalue weighted by Gasteiger charge is -2.13. The number of aromatic nitrogens is 2. The SMILES string of the molecule is Cc1cc2occ(CC(=O)O[C@H](C)C(=O)Nc3c(C)n(C)n(-c4ccccc4)c3=O)c2cc1C. The van der Waals surface area contributed by atoms with Crippen LogP contribution in [0.2, 0.25) is 0 Å². The molecular formula is C26H27N3O5. The molecule has 2 aromatic heterocycles. The van der Waals surface area contributed by atoms with E-state index in [1.54, 1.807) is 30.8 Å². The highest BCUT2D eigenvalue weighted by molar-refractivity contribution is 5.96. The van der Waals surface area contributed by atoms with E-state index in [1.165, 1.54) is 17.9 Å². The number of benzene rings is 2. The maximum absolute atomic E-state index is 13.0. The van der Waals surface area contributed by atoms with Crippen LogP contribution in [0.3, 0.4) is 0 Å². The van der Waals surface area contributed by atoms with Gasteiger partial charge in [-0.3, -0.25) is 19.1 Å². The molecule has 2 aromatic carbocycles. The summed E-state index contributed by atoms with van der Waals surface area (Å²) >= 11 is 0. The number of hydrogen-bond donors (Lipinski definition) is 1. The van der Waals surface area contributed by atoms with Crippen LogP contribution in [0.25, 0.3) is 16.7 Å². The number of para-hydroxylation sites is 1. The van der Waals surface area contributed by atoms with E-state index in [9.17, 15) is 14.4 Å². The molecule has 34 heavy (non-hydrogen) atoms. The molecule has 1 N–H and O–H groups in total. The molecule has 2 heterocycles. The first kappa shape index (κ1) is 23.1. The van der Waals surface area contributed by atoms with Crippen LogP contribution in [0.15, 0.2) is 57.9 Å². The van der Waals surface area contributed by atoms with Crippen molar-refractivity contribution in [2.75, 3.05) is 5.32 Å². The largest absolute Gasteiger partial charge is 0.464 e. The quantitative estimate of drug-likeness (QED) is 0.439. The minimum Gasteiger partial charge on any atom is -0.464 e.